The van der Waals surface area contributed by atoms with Crippen LogP contribution in [-0.2, 0) is 14.8 Å². The van der Waals surface area contributed by atoms with Crippen LogP contribution in [0.1, 0.15) is 56.9 Å². The highest BCUT2D eigenvalue weighted by molar-refractivity contribution is 7.89. The molecule has 0 bridgehead atoms. The van der Waals surface area contributed by atoms with Gasteiger partial charge in [0.25, 0.3) is 0 Å². The molecule has 0 N–H and O–H groups in total. The fraction of sp³-hybridized carbons (Fsp3) is 0.522. The maximum absolute atomic E-state index is 12.9. The predicted molar refractivity (Wildman–Crippen MR) is 117 cm³/mol. The summed E-state index contributed by atoms with van der Waals surface area (Å²) in [5.74, 6) is -0.0157. The van der Waals surface area contributed by atoms with Crippen molar-refractivity contribution in [1.29, 1.82) is 0 Å². The first-order valence-electron chi connectivity index (χ1n) is 10.7. The summed E-state index contributed by atoms with van der Waals surface area (Å²) in [6.07, 6.45) is 13.6. The Morgan fingerprint density at radius 1 is 1.03 bits per heavy atom. The molecule has 1 aliphatic heterocycles. The molecule has 0 unspecified atom stereocenters. The van der Waals surface area contributed by atoms with E-state index in [1.165, 1.54) is 12.8 Å². The van der Waals surface area contributed by atoms with Gasteiger partial charge in [-0.2, -0.15) is 4.31 Å². The van der Waals surface area contributed by atoms with Gasteiger partial charge in [-0.1, -0.05) is 43.9 Å². The number of rotatable bonds is 7. The Morgan fingerprint density at radius 2 is 1.66 bits per heavy atom. The Hall–Kier alpha value is -1.92. The molecule has 1 saturated heterocycles. The Bertz CT molecular complexity index is 816. The van der Waals surface area contributed by atoms with Gasteiger partial charge in [0, 0.05) is 31.8 Å². The lowest BCUT2D eigenvalue weighted by Crippen LogP contribution is -2.37. The summed E-state index contributed by atoms with van der Waals surface area (Å²) in [5.41, 5.74) is 0.818. The molecule has 2 aliphatic rings. The first-order chi connectivity index (χ1) is 14.0. The molecule has 29 heavy (non-hydrogen) atoms. The standard InChI is InChI=1S/C23H32N2O3S/c1-2-17-25(21-9-5-6-10-21)23(26)16-13-20-11-14-22(15-12-20)29(27,28)24-18-7-3-4-8-19-24/h2,11-16,21H,1,3-10,17-19H2. The number of benzene rings is 1. The number of carbonyl (C=O) groups excluding carboxylic acids is 1. The fourth-order valence-corrected chi connectivity index (χ4v) is 5.74. The molecule has 1 aliphatic carbocycles. The monoisotopic (exact) mass is 416 g/mol. The summed E-state index contributed by atoms with van der Waals surface area (Å²) >= 11 is 0. The Labute approximate surface area is 175 Å². The Kier molecular flexibility index (Phi) is 7.67. The fourth-order valence-electron chi connectivity index (χ4n) is 4.22. The summed E-state index contributed by atoms with van der Waals surface area (Å²) in [6, 6.07) is 7.11. The van der Waals surface area contributed by atoms with Crippen molar-refractivity contribution in [3.63, 3.8) is 0 Å². The van der Waals surface area contributed by atoms with Crippen LogP contribution in [0, 0.1) is 0 Å². The zero-order valence-electron chi connectivity index (χ0n) is 17.1. The average Bonchev–Trinajstić information content (AvgIpc) is 3.11. The van der Waals surface area contributed by atoms with E-state index in [4.69, 9.17) is 0 Å². The molecule has 1 aromatic carbocycles. The summed E-state index contributed by atoms with van der Waals surface area (Å²) in [4.78, 5) is 14.9. The minimum atomic E-state index is -3.44. The van der Waals surface area contributed by atoms with Gasteiger partial charge in [0.15, 0.2) is 0 Å². The van der Waals surface area contributed by atoms with E-state index in [0.717, 1.165) is 44.1 Å². The van der Waals surface area contributed by atoms with E-state index in [1.807, 2.05) is 4.90 Å². The van der Waals surface area contributed by atoms with Crippen molar-refractivity contribution >= 4 is 22.0 Å². The maximum Gasteiger partial charge on any atom is 0.247 e. The Balaban J connectivity index is 1.67. The third kappa shape index (κ3) is 5.58. The van der Waals surface area contributed by atoms with Gasteiger partial charge < -0.3 is 4.90 Å². The lowest BCUT2D eigenvalue weighted by molar-refractivity contribution is -0.127. The lowest BCUT2D eigenvalue weighted by atomic mass is 10.2. The quantitative estimate of drug-likeness (QED) is 0.494. The zero-order valence-corrected chi connectivity index (χ0v) is 17.9. The second-order valence-corrected chi connectivity index (χ2v) is 9.88. The van der Waals surface area contributed by atoms with Crippen molar-refractivity contribution in [2.45, 2.75) is 62.3 Å². The van der Waals surface area contributed by atoms with Crippen LogP contribution in [0.4, 0.5) is 0 Å². The van der Waals surface area contributed by atoms with E-state index in [-0.39, 0.29) is 5.91 Å². The Morgan fingerprint density at radius 3 is 2.24 bits per heavy atom. The first-order valence-corrected chi connectivity index (χ1v) is 12.2. The second-order valence-electron chi connectivity index (χ2n) is 7.94. The zero-order chi connectivity index (χ0) is 20.7. The number of amides is 1. The molecule has 1 saturated carbocycles. The summed E-state index contributed by atoms with van der Waals surface area (Å²) in [6.45, 7) is 5.52. The summed E-state index contributed by atoms with van der Waals surface area (Å²) in [7, 11) is -3.44. The lowest BCUT2D eigenvalue weighted by Gasteiger charge is -2.26. The van der Waals surface area contributed by atoms with Gasteiger partial charge in [0.05, 0.1) is 4.90 Å². The molecular weight excluding hydrogens is 384 g/mol. The van der Waals surface area contributed by atoms with Crippen LogP contribution in [0.3, 0.4) is 0 Å². The highest BCUT2D eigenvalue weighted by Crippen LogP contribution is 2.24. The number of carbonyl (C=O) groups is 1. The van der Waals surface area contributed by atoms with Crippen LogP contribution in [-0.4, -0.2) is 49.2 Å². The minimum absolute atomic E-state index is 0.0157. The van der Waals surface area contributed by atoms with Gasteiger partial charge in [-0.15, -0.1) is 6.58 Å². The van der Waals surface area contributed by atoms with Crippen LogP contribution < -0.4 is 0 Å². The first kappa shape index (κ1) is 21.8. The number of sulfonamides is 1. The van der Waals surface area contributed by atoms with Crippen molar-refractivity contribution < 1.29 is 13.2 Å². The topological polar surface area (TPSA) is 57.7 Å². The molecule has 3 rings (SSSR count). The SMILES string of the molecule is C=CCN(C(=O)C=Cc1ccc(S(=O)(=O)N2CCCCCC2)cc1)C1CCCC1. The van der Waals surface area contributed by atoms with Gasteiger partial charge >= 0.3 is 0 Å². The van der Waals surface area contributed by atoms with Gasteiger partial charge in [-0.3, -0.25) is 4.79 Å². The van der Waals surface area contributed by atoms with Crippen molar-refractivity contribution in [3.05, 3.63) is 48.6 Å². The molecule has 1 heterocycles. The van der Waals surface area contributed by atoms with E-state index in [9.17, 15) is 13.2 Å². The summed E-state index contributed by atoms with van der Waals surface area (Å²) in [5, 5.41) is 0. The van der Waals surface area contributed by atoms with Crippen molar-refractivity contribution in [1.82, 2.24) is 9.21 Å². The highest BCUT2D eigenvalue weighted by Gasteiger charge is 2.25. The van der Waals surface area contributed by atoms with Crippen LogP contribution in [0.2, 0.25) is 0 Å². The summed E-state index contributed by atoms with van der Waals surface area (Å²) < 4.78 is 27.3. The third-order valence-corrected chi connectivity index (χ3v) is 7.79. The van der Waals surface area contributed by atoms with E-state index in [2.05, 4.69) is 6.58 Å². The van der Waals surface area contributed by atoms with Gasteiger partial charge in [0.1, 0.15) is 0 Å². The molecule has 6 heteroatoms. The maximum atomic E-state index is 12.9. The molecule has 5 nitrogen and oxygen atoms in total. The van der Waals surface area contributed by atoms with E-state index < -0.39 is 10.0 Å². The number of nitrogens with zero attached hydrogens (tertiary/aromatic N) is 2. The second kappa shape index (κ2) is 10.2. The molecule has 1 aromatic rings. The number of hydrogen-bond acceptors (Lipinski definition) is 3. The molecule has 0 atom stereocenters. The van der Waals surface area contributed by atoms with Gasteiger partial charge in [-0.05, 0) is 49.5 Å². The highest BCUT2D eigenvalue weighted by atomic mass is 32.2. The molecule has 158 valence electrons. The van der Waals surface area contributed by atoms with Gasteiger partial charge in [-0.25, -0.2) is 8.42 Å². The van der Waals surface area contributed by atoms with Gasteiger partial charge in [0.2, 0.25) is 15.9 Å². The average molecular weight is 417 g/mol. The van der Waals surface area contributed by atoms with Crippen LogP contribution >= 0.6 is 0 Å². The van der Waals surface area contributed by atoms with Crippen molar-refractivity contribution in [2.24, 2.45) is 0 Å². The van der Waals surface area contributed by atoms with Crippen LogP contribution in [0.25, 0.3) is 6.08 Å². The minimum Gasteiger partial charge on any atom is -0.332 e. The molecular formula is C23H32N2O3S. The molecule has 1 amide bonds. The molecule has 0 radical (unpaired) electrons. The normalized spacial score (nSPS) is 19.3. The smallest absolute Gasteiger partial charge is 0.247 e. The molecule has 0 aromatic heterocycles. The van der Waals surface area contributed by atoms with E-state index in [0.29, 0.717) is 30.6 Å². The van der Waals surface area contributed by atoms with Crippen LogP contribution in [0.5, 0.6) is 0 Å². The van der Waals surface area contributed by atoms with Crippen molar-refractivity contribution in [2.75, 3.05) is 19.6 Å². The third-order valence-electron chi connectivity index (χ3n) is 5.88. The largest absolute Gasteiger partial charge is 0.332 e. The van der Waals surface area contributed by atoms with E-state index in [1.54, 1.807) is 46.8 Å². The van der Waals surface area contributed by atoms with Crippen LogP contribution in [0.15, 0.2) is 47.9 Å². The molecule has 0 spiro atoms. The molecule has 2 fully saturated rings. The number of hydrogen-bond donors (Lipinski definition) is 0. The predicted octanol–water partition coefficient (Wildman–Crippen LogP) is 4.22. The van der Waals surface area contributed by atoms with Crippen molar-refractivity contribution in [3.8, 4) is 0 Å². The van der Waals surface area contributed by atoms with E-state index >= 15 is 0 Å².